The molecule has 0 aromatic rings. The molecule has 1 saturated carbocycles. The van der Waals surface area contributed by atoms with E-state index < -0.39 is 0 Å². The average Bonchev–Trinajstić information content (AvgIpc) is 2.56. The molecule has 1 unspecified atom stereocenters. The number of likely N-dealkylation sites (tertiary alicyclic amines) is 1. The van der Waals surface area contributed by atoms with Crippen LogP contribution < -0.4 is 10.6 Å². The summed E-state index contributed by atoms with van der Waals surface area (Å²) >= 11 is 0. The Morgan fingerprint density at radius 3 is 2.74 bits per heavy atom. The maximum atomic E-state index is 5.28. The summed E-state index contributed by atoms with van der Waals surface area (Å²) in [6.45, 7) is 8.83. The number of methoxy groups -OCH3 is 1. The van der Waals surface area contributed by atoms with Gasteiger partial charge in [0, 0.05) is 40.4 Å². The quantitative estimate of drug-likeness (QED) is 0.530. The third-order valence-corrected chi connectivity index (χ3v) is 5.71. The highest BCUT2D eigenvalue weighted by molar-refractivity contribution is 5.79. The monoisotopic (exact) mass is 324 g/mol. The molecule has 0 bridgehead atoms. The molecular formula is C18H36N4O. The lowest BCUT2D eigenvalue weighted by Gasteiger charge is -2.42. The predicted octanol–water partition coefficient (Wildman–Crippen LogP) is 2.09. The Morgan fingerprint density at radius 2 is 2.13 bits per heavy atom. The maximum absolute atomic E-state index is 5.28. The Morgan fingerprint density at radius 1 is 1.30 bits per heavy atom. The minimum atomic E-state index is 0.428. The molecule has 134 valence electrons. The molecule has 1 heterocycles. The van der Waals surface area contributed by atoms with Gasteiger partial charge in [0.2, 0.25) is 0 Å². The molecule has 5 heteroatoms. The van der Waals surface area contributed by atoms with E-state index in [1.54, 1.807) is 7.11 Å². The van der Waals surface area contributed by atoms with Gasteiger partial charge in [0.1, 0.15) is 0 Å². The lowest BCUT2D eigenvalue weighted by Crippen LogP contribution is -2.48. The van der Waals surface area contributed by atoms with Gasteiger partial charge in [0.25, 0.3) is 0 Å². The van der Waals surface area contributed by atoms with E-state index in [4.69, 9.17) is 4.74 Å². The zero-order valence-corrected chi connectivity index (χ0v) is 15.4. The van der Waals surface area contributed by atoms with Gasteiger partial charge in [-0.1, -0.05) is 13.3 Å². The van der Waals surface area contributed by atoms with E-state index in [0.717, 1.165) is 38.0 Å². The Hall–Kier alpha value is -0.810. The summed E-state index contributed by atoms with van der Waals surface area (Å²) in [5.41, 5.74) is 0.428. The van der Waals surface area contributed by atoms with Crippen molar-refractivity contribution >= 4 is 5.96 Å². The fourth-order valence-corrected chi connectivity index (χ4v) is 3.85. The molecule has 2 aliphatic rings. The van der Waals surface area contributed by atoms with Crippen LogP contribution in [0, 0.1) is 11.3 Å². The third-order valence-electron chi connectivity index (χ3n) is 5.71. The van der Waals surface area contributed by atoms with Crippen LogP contribution in [-0.2, 0) is 4.74 Å². The zero-order chi connectivity index (χ0) is 16.5. The standard InChI is InChI=1S/C18H36N4O/c1-4-22-11-5-7-16(14-22)13-20-17(19-2)21-15-18(8-6-9-18)10-12-23-3/h16H,4-15H2,1-3H3,(H2,19,20,21). The van der Waals surface area contributed by atoms with Crippen LogP contribution in [0.15, 0.2) is 4.99 Å². The number of guanidine groups is 1. The summed E-state index contributed by atoms with van der Waals surface area (Å²) in [6.07, 6.45) is 7.79. The SMILES string of the molecule is CCN1CCCC(CNC(=NC)NCC2(CCOC)CCC2)C1. The number of piperidine rings is 1. The first-order valence-electron chi connectivity index (χ1n) is 9.37. The van der Waals surface area contributed by atoms with Gasteiger partial charge in [0.15, 0.2) is 5.96 Å². The van der Waals surface area contributed by atoms with Crippen molar-refractivity contribution in [1.29, 1.82) is 0 Å². The van der Waals surface area contributed by atoms with Gasteiger partial charge in [-0.25, -0.2) is 0 Å². The molecule has 2 N–H and O–H groups in total. The van der Waals surface area contributed by atoms with E-state index in [-0.39, 0.29) is 0 Å². The van der Waals surface area contributed by atoms with Crippen LogP contribution in [0.1, 0.15) is 45.4 Å². The van der Waals surface area contributed by atoms with Crippen molar-refractivity contribution in [2.24, 2.45) is 16.3 Å². The highest BCUT2D eigenvalue weighted by Gasteiger charge is 2.36. The van der Waals surface area contributed by atoms with Crippen LogP contribution in [0.4, 0.5) is 0 Å². The summed E-state index contributed by atoms with van der Waals surface area (Å²) in [6, 6.07) is 0. The van der Waals surface area contributed by atoms with E-state index >= 15 is 0 Å². The average molecular weight is 325 g/mol. The summed E-state index contributed by atoms with van der Waals surface area (Å²) in [5, 5.41) is 7.10. The summed E-state index contributed by atoms with van der Waals surface area (Å²) in [4.78, 5) is 6.96. The van der Waals surface area contributed by atoms with Crippen molar-refractivity contribution in [3.8, 4) is 0 Å². The van der Waals surface area contributed by atoms with Crippen molar-refractivity contribution in [2.75, 3.05) is 53.5 Å². The Kier molecular flexibility index (Phi) is 7.63. The van der Waals surface area contributed by atoms with Crippen LogP contribution >= 0.6 is 0 Å². The third kappa shape index (κ3) is 5.64. The van der Waals surface area contributed by atoms with E-state index in [2.05, 4.69) is 27.4 Å². The number of hydrogen-bond donors (Lipinski definition) is 2. The summed E-state index contributed by atoms with van der Waals surface area (Å²) < 4.78 is 5.28. The molecule has 0 aromatic heterocycles. The van der Waals surface area contributed by atoms with Gasteiger partial charge in [-0.05, 0) is 56.5 Å². The first-order chi connectivity index (χ1) is 11.2. The van der Waals surface area contributed by atoms with E-state index in [9.17, 15) is 0 Å². The van der Waals surface area contributed by atoms with Gasteiger partial charge >= 0.3 is 0 Å². The summed E-state index contributed by atoms with van der Waals surface area (Å²) in [7, 11) is 3.67. The zero-order valence-electron chi connectivity index (χ0n) is 15.4. The lowest BCUT2D eigenvalue weighted by atomic mass is 9.67. The highest BCUT2D eigenvalue weighted by atomic mass is 16.5. The van der Waals surface area contributed by atoms with Crippen LogP contribution in [0.3, 0.4) is 0 Å². The molecule has 2 fully saturated rings. The second-order valence-electron chi connectivity index (χ2n) is 7.30. The minimum absolute atomic E-state index is 0.428. The Labute approximate surface area is 142 Å². The molecule has 1 saturated heterocycles. The van der Waals surface area contributed by atoms with Crippen molar-refractivity contribution in [3.05, 3.63) is 0 Å². The van der Waals surface area contributed by atoms with Gasteiger partial charge in [-0.2, -0.15) is 0 Å². The highest BCUT2D eigenvalue weighted by Crippen LogP contribution is 2.43. The second kappa shape index (κ2) is 9.48. The molecule has 0 amide bonds. The van der Waals surface area contributed by atoms with E-state index in [1.807, 2.05) is 7.05 Å². The fourth-order valence-electron chi connectivity index (χ4n) is 3.85. The molecule has 5 nitrogen and oxygen atoms in total. The van der Waals surface area contributed by atoms with Gasteiger partial charge in [-0.15, -0.1) is 0 Å². The molecule has 0 radical (unpaired) electrons. The number of hydrogen-bond acceptors (Lipinski definition) is 3. The van der Waals surface area contributed by atoms with Crippen molar-refractivity contribution in [3.63, 3.8) is 0 Å². The van der Waals surface area contributed by atoms with Gasteiger partial charge in [-0.3, -0.25) is 4.99 Å². The molecule has 0 spiro atoms. The van der Waals surface area contributed by atoms with Crippen molar-refractivity contribution in [1.82, 2.24) is 15.5 Å². The molecule has 23 heavy (non-hydrogen) atoms. The Bertz CT molecular complexity index is 368. The first-order valence-corrected chi connectivity index (χ1v) is 9.37. The van der Waals surface area contributed by atoms with Crippen LogP contribution in [-0.4, -0.2) is 64.3 Å². The molecular weight excluding hydrogens is 288 g/mol. The van der Waals surface area contributed by atoms with Crippen LogP contribution in [0.25, 0.3) is 0 Å². The molecule has 1 aliphatic heterocycles. The topological polar surface area (TPSA) is 48.9 Å². The van der Waals surface area contributed by atoms with E-state index in [1.165, 1.54) is 51.7 Å². The number of rotatable bonds is 8. The van der Waals surface area contributed by atoms with Crippen LogP contribution in [0.2, 0.25) is 0 Å². The smallest absolute Gasteiger partial charge is 0.191 e. The largest absolute Gasteiger partial charge is 0.385 e. The molecule has 0 aromatic carbocycles. The maximum Gasteiger partial charge on any atom is 0.191 e. The fraction of sp³-hybridized carbons (Fsp3) is 0.944. The molecule has 2 rings (SSSR count). The minimum Gasteiger partial charge on any atom is -0.385 e. The predicted molar refractivity (Wildman–Crippen MR) is 97.0 cm³/mol. The number of nitrogens with one attached hydrogen (secondary N) is 2. The normalized spacial score (nSPS) is 25.0. The molecule has 1 atom stereocenters. The van der Waals surface area contributed by atoms with Gasteiger partial charge in [0.05, 0.1) is 0 Å². The van der Waals surface area contributed by atoms with Crippen molar-refractivity contribution < 1.29 is 4.74 Å². The van der Waals surface area contributed by atoms with Crippen molar-refractivity contribution in [2.45, 2.75) is 45.4 Å². The lowest BCUT2D eigenvalue weighted by molar-refractivity contribution is 0.0732. The number of aliphatic imine (C=N–C) groups is 1. The molecule has 1 aliphatic carbocycles. The number of ether oxygens (including phenoxy) is 1. The van der Waals surface area contributed by atoms with Gasteiger partial charge < -0.3 is 20.3 Å². The summed E-state index contributed by atoms with van der Waals surface area (Å²) in [5.74, 6) is 1.70. The first kappa shape index (κ1) is 18.5. The number of nitrogens with zero attached hydrogens (tertiary/aromatic N) is 2. The Balaban J connectivity index is 1.71. The van der Waals surface area contributed by atoms with E-state index in [0.29, 0.717) is 5.41 Å². The second-order valence-corrected chi connectivity index (χ2v) is 7.30. The van der Waals surface area contributed by atoms with Crippen LogP contribution in [0.5, 0.6) is 0 Å².